The summed E-state index contributed by atoms with van der Waals surface area (Å²) in [5.41, 5.74) is 0. The average molecular weight is 213 g/mol. The third kappa shape index (κ3) is 699. The molecule has 11 heavy (non-hydrogen) atoms. The van der Waals surface area contributed by atoms with Crippen LogP contribution in [0.2, 0.25) is 0 Å². The zero-order valence-electron chi connectivity index (χ0n) is 8.66. The number of hydrogen-bond acceptors (Lipinski definition) is 1. The smallest absolute Gasteiger partial charge is 1.00 e. The van der Waals surface area contributed by atoms with Crippen molar-refractivity contribution in [1.29, 1.82) is 0 Å². The van der Waals surface area contributed by atoms with Crippen molar-refractivity contribution < 1.29 is 72.3 Å². The van der Waals surface area contributed by atoms with Gasteiger partial charge in [0.25, 0.3) is 0 Å². The summed E-state index contributed by atoms with van der Waals surface area (Å²) >= 11 is 0. The maximum absolute atomic E-state index is 8.56. The van der Waals surface area contributed by atoms with Gasteiger partial charge in [-0.2, -0.15) is 0 Å². The van der Waals surface area contributed by atoms with Crippen LogP contribution in [0, 0.1) is 0 Å². The van der Waals surface area contributed by atoms with Gasteiger partial charge in [0.2, 0.25) is 0 Å². The van der Waals surface area contributed by atoms with Crippen LogP contribution in [0.15, 0.2) is 0 Å². The van der Waals surface area contributed by atoms with Gasteiger partial charge in [-0.3, -0.25) is 0 Å². The van der Waals surface area contributed by atoms with Crippen LogP contribution < -0.4 is 51.4 Å². The van der Waals surface area contributed by atoms with Gasteiger partial charge in [0.05, 0.1) is 28.2 Å². The molecule has 0 fully saturated rings. The van der Waals surface area contributed by atoms with Gasteiger partial charge in [0.15, 0.2) is 0 Å². The van der Waals surface area contributed by atoms with E-state index in [9.17, 15) is 0 Å². The second-order valence-corrected chi connectivity index (χ2v) is 2.97. The van der Waals surface area contributed by atoms with E-state index in [2.05, 4.69) is 28.2 Å². The number of halogens is 1. The van der Waals surface area contributed by atoms with E-state index < -0.39 is 6.16 Å². The first kappa shape index (κ1) is 22.7. The Morgan fingerprint density at radius 2 is 1.18 bits per heavy atom. The molecule has 4 nitrogen and oxygen atoms in total. The second-order valence-electron chi connectivity index (χ2n) is 2.97. The molecule has 0 aliphatic rings. The number of quaternary nitrogens is 1. The molecule has 0 aromatic rings. The SMILES string of the molecule is C[N+](C)(C)C.Cl.O=C(O)O.[H-].[K+]. The first-order valence-corrected chi connectivity index (χ1v) is 2.44. The van der Waals surface area contributed by atoms with Gasteiger partial charge in [-0.15, -0.1) is 12.4 Å². The standard InChI is InChI=1S/C4H12N.CH2O3.ClH.K.H/c1-5(2,3)4;2-1(3)4;;;/h1-4H3;(H2,2,3,4);1H;;/q+1;;;+1;-1. The first-order valence-electron chi connectivity index (χ1n) is 2.44. The monoisotopic (exact) mass is 212 g/mol. The quantitative estimate of drug-likeness (QED) is 0.364. The number of carbonyl (C=O) groups is 1. The summed E-state index contributed by atoms with van der Waals surface area (Å²) in [4.78, 5) is 8.56. The van der Waals surface area contributed by atoms with E-state index in [4.69, 9.17) is 15.0 Å². The van der Waals surface area contributed by atoms with E-state index >= 15 is 0 Å². The van der Waals surface area contributed by atoms with Crippen molar-refractivity contribution in [1.82, 2.24) is 0 Å². The van der Waals surface area contributed by atoms with Gasteiger partial charge in [0.1, 0.15) is 0 Å². The minimum atomic E-state index is -1.83. The summed E-state index contributed by atoms with van der Waals surface area (Å²) in [6.45, 7) is 0. The summed E-state index contributed by atoms with van der Waals surface area (Å²) in [5.74, 6) is 0. The number of rotatable bonds is 0. The molecule has 0 atom stereocenters. The third-order valence-corrected chi connectivity index (χ3v) is 0. The fourth-order valence-electron chi connectivity index (χ4n) is 0. The molecule has 0 aliphatic heterocycles. The van der Waals surface area contributed by atoms with Gasteiger partial charge in [-0.1, -0.05) is 0 Å². The van der Waals surface area contributed by atoms with Crippen LogP contribution in [0.5, 0.6) is 0 Å². The van der Waals surface area contributed by atoms with E-state index in [1.807, 2.05) is 0 Å². The molecule has 0 bridgehead atoms. The number of hydrogen-bond donors (Lipinski definition) is 2. The van der Waals surface area contributed by atoms with Crippen molar-refractivity contribution in [3.63, 3.8) is 0 Å². The predicted octanol–water partition coefficient (Wildman–Crippen LogP) is -1.92. The van der Waals surface area contributed by atoms with Gasteiger partial charge < -0.3 is 16.1 Å². The zero-order chi connectivity index (χ0) is 8.08. The molecule has 0 spiro atoms. The Morgan fingerprint density at radius 1 is 1.18 bits per heavy atom. The Balaban J connectivity index is -0.0000000221. The molecule has 0 aromatic heterocycles. The van der Waals surface area contributed by atoms with Crippen LogP contribution >= 0.6 is 12.4 Å². The molecule has 0 amide bonds. The van der Waals surface area contributed by atoms with E-state index in [0.29, 0.717) is 0 Å². The van der Waals surface area contributed by atoms with E-state index in [1.54, 1.807) is 0 Å². The average Bonchev–Trinajstić information content (AvgIpc) is 1.19. The molecule has 0 saturated carbocycles. The largest absolute Gasteiger partial charge is 1.00 e. The van der Waals surface area contributed by atoms with Gasteiger partial charge >= 0.3 is 57.5 Å². The van der Waals surface area contributed by atoms with Crippen LogP contribution in [0.25, 0.3) is 0 Å². The molecule has 0 radical (unpaired) electrons. The molecule has 2 N–H and O–H groups in total. The predicted molar refractivity (Wildman–Crippen MR) is 43.0 cm³/mol. The van der Waals surface area contributed by atoms with Crippen LogP contribution in [-0.4, -0.2) is 49.0 Å². The summed E-state index contributed by atoms with van der Waals surface area (Å²) < 4.78 is 1.00. The van der Waals surface area contributed by atoms with Gasteiger partial charge in [-0.25, -0.2) is 4.79 Å². The van der Waals surface area contributed by atoms with Crippen molar-refractivity contribution in [2.45, 2.75) is 0 Å². The Kier molecular flexibility index (Phi) is 23.1. The second kappa shape index (κ2) is 11.2. The van der Waals surface area contributed by atoms with E-state index in [1.165, 1.54) is 0 Å². The molecule has 0 heterocycles. The summed E-state index contributed by atoms with van der Waals surface area (Å²) in [5, 5.41) is 13.9. The van der Waals surface area contributed by atoms with Crippen molar-refractivity contribution >= 4 is 18.6 Å². The summed E-state index contributed by atoms with van der Waals surface area (Å²) in [6.07, 6.45) is -1.83. The van der Waals surface area contributed by atoms with Crippen molar-refractivity contribution in [2.24, 2.45) is 0 Å². The minimum absolute atomic E-state index is 0. The number of nitrogens with zero attached hydrogens (tertiary/aromatic N) is 1. The molecule has 0 rings (SSSR count). The Labute approximate surface area is 117 Å². The van der Waals surface area contributed by atoms with Gasteiger partial charge in [0, 0.05) is 0 Å². The molecule has 0 aliphatic carbocycles. The van der Waals surface area contributed by atoms with E-state index in [-0.39, 0.29) is 65.2 Å². The Morgan fingerprint density at radius 3 is 1.18 bits per heavy atom. The van der Waals surface area contributed by atoms with E-state index in [0.717, 1.165) is 4.48 Å². The van der Waals surface area contributed by atoms with Crippen LogP contribution in [-0.2, 0) is 0 Å². The summed E-state index contributed by atoms with van der Waals surface area (Å²) in [6, 6.07) is 0. The number of carboxylic acid groups (broad SMARTS) is 2. The molecule has 0 unspecified atom stereocenters. The normalized spacial score (nSPS) is 7.64. The summed E-state index contributed by atoms with van der Waals surface area (Å²) in [7, 11) is 8.50. The molecule has 0 aromatic carbocycles. The maximum Gasteiger partial charge on any atom is 1.00 e. The van der Waals surface area contributed by atoms with Crippen LogP contribution in [0.3, 0.4) is 0 Å². The third-order valence-electron chi connectivity index (χ3n) is 0. The molecule has 66 valence electrons. The Bertz CT molecular complexity index is 89.2. The van der Waals surface area contributed by atoms with Crippen molar-refractivity contribution in [2.75, 3.05) is 28.2 Å². The zero-order valence-corrected chi connectivity index (χ0v) is 11.6. The van der Waals surface area contributed by atoms with Crippen molar-refractivity contribution in [3.8, 4) is 0 Å². The molecule has 6 heteroatoms. The van der Waals surface area contributed by atoms with Gasteiger partial charge in [-0.05, 0) is 0 Å². The fourth-order valence-corrected chi connectivity index (χ4v) is 0. The van der Waals surface area contributed by atoms with Crippen molar-refractivity contribution in [3.05, 3.63) is 0 Å². The topological polar surface area (TPSA) is 57.5 Å². The Hall–Kier alpha value is 1.16. The molecular weight excluding hydrogens is 197 g/mol. The van der Waals surface area contributed by atoms with Crippen LogP contribution in [0.4, 0.5) is 4.79 Å². The molecular formula is C5H16ClKNO3+. The maximum atomic E-state index is 8.56. The molecule has 0 saturated heterocycles. The first-order chi connectivity index (χ1) is 3.73. The fraction of sp³-hybridized carbons (Fsp3) is 0.800. The van der Waals surface area contributed by atoms with Crippen LogP contribution in [0.1, 0.15) is 1.43 Å². The minimum Gasteiger partial charge on any atom is -1.00 e.